The maximum absolute atomic E-state index is 14.2. The molecule has 2 fully saturated rings. The fraction of sp³-hybridized carbons (Fsp3) is 0.483. The smallest absolute Gasteiger partial charge is 0.320 e. The van der Waals surface area contributed by atoms with E-state index in [0.717, 1.165) is 36.7 Å². The van der Waals surface area contributed by atoms with E-state index in [0.29, 0.717) is 17.2 Å². The van der Waals surface area contributed by atoms with Gasteiger partial charge in [0.1, 0.15) is 12.2 Å². The Morgan fingerprint density at radius 1 is 1.10 bits per heavy atom. The molecule has 3 aliphatic rings. The second-order valence-corrected chi connectivity index (χ2v) is 11.3. The predicted molar refractivity (Wildman–Crippen MR) is 138 cm³/mol. The van der Waals surface area contributed by atoms with E-state index in [-0.39, 0.29) is 56.1 Å². The molecule has 0 N–H and O–H groups in total. The van der Waals surface area contributed by atoms with Crippen LogP contribution in [0, 0.1) is 5.92 Å². The number of alkyl halides is 5. The number of hydrogen-bond donors (Lipinski definition) is 0. The minimum atomic E-state index is -4.66. The van der Waals surface area contributed by atoms with Gasteiger partial charge < -0.3 is 9.47 Å². The molecule has 1 aliphatic carbocycles. The molecule has 6 rings (SSSR count). The SMILES string of the molecule is Cn1cnnc1C(c1cccc(N2Cc3c(cc(CN4CCC(F)(F)CC4)cc3C(F)(F)F)C2=O)c1)C1CCC1. The number of likely N-dealkylation sites (tertiary alicyclic amines) is 1. The van der Waals surface area contributed by atoms with E-state index < -0.39 is 23.6 Å². The average Bonchev–Trinajstić information content (AvgIpc) is 3.44. The number of piperidine rings is 1. The number of hydrogen-bond acceptors (Lipinski definition) is 4. The maximum Gasteiger partial charge on any atom is 0.416 e. The molecule has 6 nitrogen and oxygen atoms in total. The highest BCUT2D eigenvalue weighted by Gasteiger charge is 2.41. The zero-order chi connectivity index (χ0) is 28.2. The standard InChI is InChI=1S/C29H30F5N5O/c1-37-17-35-36-26(37)25(19-4-2-5-19)20-6-3-7-21(14-20)39-16-23-22(27(39)40)12-18(13-24(23)29(32,33)34)15-38-10-8-28(30,31)9-11-38/h3,6-7,12-14,17,19,25H,2,4-5,8-11,15-16H2,1H3. The van der Waals surface area contributed by atoms with Gasteiger partial charge in [0.15, 0.2) is 0 Å². The number of anilines is 1. The largest absolute Gasteiger partial charge is 0.416 e. The van der Waals surface area contributed by atoms with Gasteiger partial charge >= 0.3 is 6.18 Å². The zero-order valence-corrected chi connectivity index (χ0v) is 22.1. The van der Waals surface area contributed by atoms with Gasteiger partial charge in [0.05, 0.1) is 12.1 Å². The number of rotatable bonds is 6. The van der Waals surface area contributed by atoms with Crippen LogP contribution in [0.2, 0.25) is 0 Å². The molecule has 1 atom stereocenters. The summed E-state index contributed by atoms with van der Waals surface area (Å²) < 4.78 is 71.7. The number of aromatic nitrogens is 3. The first-order chi connectivity index (χ1) is 19.0. The molecular weight excluding hydrogens is 529 g/mol. The summed E-state index contributed by atoms with van der Waals surface area (Å²) in [7, 11) is 1.89. The number of carbonyl (C=O) groups excluding carboxylic acids is 1. The molecular formula is C29H30F5N5O. The summed E-state index contributed by atoms with van der Waals surface area (Å²) in [5.41, 5.74) is 0.884. The highest BCUT2D eigenvalue weighted by Crippen LogP contribution is 2.44. The highest BCUT2D eigenvalue weighted by molar-refractivity contribution is 6.10. The average molecular weight is 560 g/mol. The lowest BCUT2D eigenvalue weighted by molar-refractivity contribution is -0.138. The van der Waals surface area contributed by atoms with Gasteiger partial charge in [-0.3, -0.25) is 9.69 Å². The van der Waals surface area contributed by atoms with E-state index in [9.17, 15) is 26.7 Å². The maximum atomic E-state index is 14.2. The molecule has 1 aromatic heterocycles. The summed E-state index contributed by atoms with van der Waals surface area (Å²) in [6.45, 7) is 0.0642. The van der Waals surface area contributed by atoms with Crippen LogP contribution in [0.15, 0.2) is 42.7 Å². The van der Waals surface area contributed by atoms with Crippen molar-refractivity contribution in [2.45, 2.75) is 63.2 Å². The van der Waals surface area contributed by atoms with E-state index in [1.54, 1.807) is 17.3 Å². The van der Waals surface area contributed by atoms with Crippen molar-refractivity contribution in [3.63, 3.8) is 0 Å². The van der Waals surface area contributed by atoms with Gasteiger partial charge in [0.2, 0.25) is 0 Å². The second kappa shape index (κ2) is 9.94. The van der Waals surface area contributed by atoms with Crippen LogP contribution in [-0.2, 0) is 26.3 Å². The quantitative estimate of drug-likeness (QED) is 0.340. The van der Waals surface area contributed by atoms with Crippen LogP contribution < -0.4 is 4.90 Å². The first-order valence-corrected chi connectivity index (χ1v) is 13.6. The van der Waals surface area contributed by atoms with Crippen LogP contribution in [0.1, 0.15) is 76.5 Å². The molecule has 3 heterocycles. The molecule has 2 aromatic carbocycles. The van der Waals surface area contributed by atoms with Crippen LogP contribution in [0.25, 0.3) is 0 Å². The Kier molecular flexibility index (Phi) is 6.67. The minimum Gasteiger partial charge on any atom is -0.320 e. The number of aryl methyl sites for hydroxylation is 1. The summed E-state index contributed by atoms with van der Waals surface area (Å²) in [6.07, 6.45) is -0.455. The summed E-state index contributed by atoms with van der Waals surface area (Å²) in [6, 6.07) is 9.98. The van der Waals surface area contributed by atoms with Crippen molar-refractivity contribution in [2.75, 3.05) is 18.0 Å². The summed E-state index contributed by atoms with van der Waals surface area (Å²) in [5, 5.41) is 8.38. The number of amides is 1. The first kappa shape index (κ1) is 26.9. The third-order valence-electron chi connectivity index (χ3n) is 8.59. The Morgan fingerprint density at radius 2 is 1.85 bits per heavy atom. The van der Waals surface area contributed by atoms with Gasteiger partial charge in [-0.25, -0.2) is 8.78 Å². The van der Waals surface area contributed by atoms with E-state index in [2.05, 4.69) is 10.2 Å². The van der Waals surface area contributed by atoms with Crippen LogP contribution in [0.3, 0.4) is 0 Å². The lowest BCUT2D eigenvalue weighted by atomic mass is 9.72. The van der Waals surface area contributed by atoms with Gasteiger partial charge in [-0.05, 0) is 59.7 Å². The van der Waals surface area contributed by atoms with Crippen molar-refractivity contribution in [3.05, 3.63) is 76.4 Å². The fourth-order valence-corrected chi connectivity index (χ4v) is 6.18. The Morgan fingerprint density at radius 3 is 2.48 bits per heavy atom. The number of benzene rings is 2. The molecule has 1 unspecified atom stereocenters. The Balaban J connectivity index is 1.31. The summed E-state index contributed by atoms with van der Waals surface area (Å²) >= 11 is 0. The normalized spacial score (nSPS) is 20.4. The van der Waals surface area contributed by atoms with Crippen LogP contribution in [0.4, 0.5) is 27.6 Å². The monoisotopic (exact) mass is 559 g/mol. The zero-order valence-electron chi connectivity index (χ0n) is 22.1. The molecule has 0 spiro atoms. The molecule has 1 amide bonds. The molecule has 1 saturated carbocycles. The topological polar surface area (TPSA) is 54.3 Å². The first-order valence-electron chi connectivity index (χ1n) is 13.6. The third-order valence-corrected chi connectivity index (χ3v) is 8.59. The molecule has 212 valence electrons. The van der Waals surface area contributed by atoms with Crippen molar-refractivity contribution in [3.8, 4) is 0 Å². The highest BCUT2D eigenvalue weighted by atomic mass is 19.4. The Hall–Kier alpha value is -3.34. The van der Waals surface area contributed by atoms with Crippen molar-refractivity contribution in [2.24, 2.45) is 13.0 Å². The van der Waals surface area contributed by atoms with E-state index in [1.807, 2.05) is 29.8 Å². The predicted octanol–water partition coefficient (Wildman–Crippen LogP) is 6.16. The van der Waals surface area contributed by atoms with Gasteiger partial charge in [-0.15, -0.1) is 10.2 Å². The van der Waals surface area contributed by atoms with Crippen LogP contribution in [0.5, 0.6) is 0 Å². The molecule has 3 aromatic rings. The van der Waals surface area contributed by atoms with Crippen molar-refractivity contribution in [1.82, 2.24) is 19.7 Å². The lowest BCUT2D eigenvalue weighted by Crippen LogP contribution is -2.38. The molecule has 1 saturated heterocycles. The fourth-order valence-electron chi connectivity index (χ4n) is 6.18. The van der Waals surface area contributed by atoms with E-state index in [1.165, 1.54) is 11.0 Å². The molecule has 40 heavy (non-hydrogen) atoms. The lowest BCUT2D eigenvalue weighted by Gasteiger charge is -2.33. The van der Waals surface area contributed by atoms with Crippen molar-refractivity contribution >= 4 is 11.6 Å². The summed E-state index contributed by atoms with van der Waals surface area (Å²) in [4.78, 5) is 16.7. The molecule has 0 bridgehead atoms. The number of fused-ring (bicyclic) bond motifs is 1. The van der Waals surface area contributed by atoms with Crippen LogP contribution in [-0.4, -0.2) is 44.6 Å². The van der Waals surface area contributed by atoms with Crippen molar-refractivity contribution < 1.29 is 26.7 Å². The number of halogens is 5. The Bertz CT molecular complexity index is 1420. The van der Waals surface area contributed by atoms with E-state index in [4.69, 9.17) is 0 Å². The molecule has 11 heteroatoms. The van der Waals surface area contributed by atoms with E-state index >= 15 is 0 Å². The molecule has 0 radical (unpaired) electrons. The van der Waals surface area contributed by atoms with Crippen LogP contribution >= 0.6 is 0 Å². The molecule has 2 aliphatic heterocycles. The summed E-state index contributed by atoms with van der Waals surface area (Å²) in [5.74, 6) is -2.09. The third kappa shape index (κ3) is 5.00. The van der Waals surface area contributed by atoms with Gasteiger partial charge in [-0.1, -0.05) is 18.6 Å². The van der Waals surface area contributed by atoms with Crippen molar-refractivity contribution in [1.29, 1.82) is 0 Å². The number of nitrogens with zero attached hydrogens (tertiary/aromatic N) is 5. The minimum absolute atomic E-state index is 0.0152. The van der Waals surface area contributed by atoms with Gasteiger partial charge in [-0.2, -0.15) is 13.2 Å². The number of carbonyl (C=O) groups is 1. The van der Waals surface area contributed by atoms with Gasteiger partial charge in [0, 0.05) is 56.7 Å². The second-order valence-electron chi connectivity index (χ2n) is 11.3. The van der Waals surface area contributed by atoms with Gasteiger partial charge in [0.25, 0.3) is 11.8 Å². The Labute approximate surface area is 228 Å².